The van der Waals surface area contributed by atoms with E-state index in [1.165, 1.54) is 89.0 Å². The third-order valence-electron chi connectivity index (χ3n) is 12.4. The van der Waals surface area contributed by atoms with Crippen LogP contribution in [0.3, 0.4) is 0 Å². The maximum atomic E-state index is 7.32. The fraction of sp³-hybridized carbons (Fsp3) is 0.167. The molecule has 4 aliphatic carbocycles. The Bertz CT molecular complexity index is 2670. The van der Waals surface area contributed by atoms with E-state index < -0.39 is 8.07 Å². The molecule has 0 saturated carbocycles. The topological polar surface area (TPSA) is 52.6 Å². The highest BCUT2D eigenvalue weighted by Crippen LogP contribution is 2.44. The molecule has 4 aromatic heterocycles. The Morgan fingerprint density at radius 1 is 0.396 bits per heavy atom. The van der Waals surface area contributed by atoms with E-state index in [4.69, 9.17) is 17.7 Å². The van der Waals surface area contributed by atoms with Crippen molar-refractivity contribution in [2.75, 3.05) is 0 Å². The van der Waals surface area contributed by atoms with Crippen molar-refractivity contribution < 1.29 is 17.7 Å². The first-order valence-electron chi connectivity index (χ1n) is 18.7. The van der Waals surface area contributed by atoms with Gasteiger partial charge < -0.3 is 17.7 Å². The second-order valence-electron chi connectivity index (χ2n) is 16.0. The molecule has 4 nitrogen and oxygen atoms in total. The molecule has 12 rings (SSSR count). The van der Waals surface area contributed by atoms with Gasteiger partial charge in [-0.2, -0.15) is 0 Å². The summed E-state index contributed by atoms with van der Waals surface area (Å²) in [6.07, 6.45) is 5.34. The molecule has 256 valence electrons. The van der Waals surface area contributed by atoms with Crippen LogP contribution in [0.15, 0.2) is 115 Å². The van der Waals surface area contributed by atoms with Gasteiger partial charge in [-0.1, -0.05) is 95.1 Å². The molecule has 0 aliphatic heterocycles. The molecule has 0 amide bonds. The summed E-state index contributed by atoms with van der Waals surface area (Å²) < 4.78 is 28.6. The first-order valence-corrected chi connectivity index (χ1v) is 20.7. The molecule has 0 unspecified atom stereocenters. The molecule has 53 heavy (non-hydrogen) atoms. The number of benzene rings is 4. The summed E-state index contributed by atoms with van der Waals surface area (Å²) in [7, 11) is -3.43. The maximum Gasteiger partial charge on any atom is 0.309 e. The monoisotopic (exact) mass is 704 g/mol. The van der Waals surface area contributed by atoms with Crippen LogP contribution in [0.5, 0.6) is 0 Å². The van der Waals surface area contributed by atoms with E-state index in [1.54, 1.807) is 0 Å². The van der Waals surface area contributed by atoms with E-state index >= 15 is 0 Å². The lowest BCUT2D eigenvalue weighted by atomic mass is 10.1. The maximum absolute atomic E-state index is 7.32. The molecule has 0 atom stereocenters. The summed E-state index contributed by atoms with van der Waals surface area (Å²) >= 11 is 0. The van der Waals surface area contributed by atoms with E-state index in [9.17, 15) is 0 Å². The van der Waals surface area contributed by atoms with E-state index in [0.717, 1.165) is 70.1 Å². The lowest BCUT2D eigenvalue weighted by Crippen LogP contribution is -2.74. The third-order valence-corrected chi connectivity index (χ3v) is 16.5. The SMILES string of the molecule is Cc1ccc2c(c1)Cc1cc([Si](c3cc4c(o3)-c3ccc(C)cc3C4)(c3cc4c(o3)-c3ccc(C)cc3C4)c3coc4c3Cc3cc(C)ccc3-4)oc1-2. The normalized spacial score (nSPS) is 14.1. The standard InChI is InChI=1S/C48H36O4Si/c1-25-5-9-36-29(13-25)17-33-21-42(50-45(33)36)53(41-24-49-48-39-12-8-28(4)16-32(39)20-40(41)48,43-22-34-18-30-14-26(2)6-10-37(30)46(34)51-43)44-23-35-19-31-15-27(3)7-11-38(31)47(35)52-44/h5-16,21-24H,17-20H2,1-4H3. The number of furan rings is 4. The molecule has 4 aromatic carbocycles. The fourth-order valence-electron chi connectivity index (χ4n) is 9.95. The van der Waals surface area contributed by atoms with Crippen LogP contribution in [0.1, 0.15) is 66.8 Å². The van der Waals surface area contributed by atoms with Crippen molar-refractivity contribution in [1.29, 1.82) is 0 Å². The van der Waals surface area contributed by atoms with Gasteiger partial charge in [0.15, 0.2) is 0 Å². The van der Waals surface area contributed by atoms with Gasteiger partial charge in [0, 0.05) is 75.4 Å². The molecule has 0 saturated heterocycles. The highest BCUT2D eigenvalue weighted by molar-refractivity contribution is 7.18. The number of hydrogen-bond acceptors (Lipinski definition) is 4. The highest BCUT2D eigenvalue weighted by Gasteiger charge is 2.56. The molecular weight excluding hydrogens is 669 g/mol. The van der Waals surface area contributed by atoms with Crippen molar-refractivity contribution in [1.82, 2.24) is 0 Å². The third kappa shape index (κ3) is 3.95. The molecule has 5 heteroatoms. The van der Waals surface area contributed by atoms with Crippen LogP contribution in [0, 0.1) is 27.7 Å². The molecule has 0 radical (unpaired) electrons. The average Bonchev–Trinajstić information content (AvgIpc) is 3.98. The predicted molar refractivity (Wildman–Crippen MR) is 211 cm³/mol. The van der Waals surface area contributed by atoms with Crippen molar-refractivity contribution >= 4 is 29.4 Å². The smallest absolute Gasteiger partial charge is 0.309 e. The van der Waals surface area contributed by atoms with Crippen molar-refractivity contribution in [3.8, 4) is 45.3 Å². The van der Waals surface area contributed by atoms with Gasteiger partial charge in [-0.05, 0) is 68.1 Å². The number of rotatable bonds is 4. The summed E-state index contributed by atoms with van der Waals surface area (Å²) in [6, 6.07) is 33.8. The van der Waals surface area contributed by atoms with Gasteiger partial charge in [-0.3, -0.25) is 0 Å². The van der Waals surface area contributed by atoms with Crippen molar-refractivity contribution in [2.24, 2.45) is 0 Å². The number of hydrogen-bond donors (Lipinski definition) is 0. The molecule has 0 spiro atoms. The first kappa shape index (κ1) is 29.8. The van der Waals surface area contributed by atoms with Gasteiger partial charge in [-0.15, -0.1) is 0 Å². The zero-order chi connectivity index (χ0) is 35.3. The van der Waals surface area contributed by atoms with Gasteiger partial charge in [-0.25, -0.2) is 0 Å². The molecule has 8 aromatic rings. The van der Waals surface area contributed by atoms with Crippen LogP contribution in [0.2, 0.25) is 0 Å². The Hall–Kier alpha value is -5.78. The van der Waals surface area contributed by atoms with E-state index in [1.807, 2.05) is 6.26 Å². The van der Waals surface area contributed by atoms with Crippen molar-refractivity contribution in [3.63, 3.8) is 0 Å². The first-order chi connectivity index (χ1) is 25.8. The van der Waals surface area contributed by atoms with Crippen LogP contribution in [-0.4, -0.2) is 8.07 Å². The largest absolute Gasteiger partial charge is 0.464 e. The van der Waals surface area contributed by atoms with Crippen LogP contribution in [-0.2, 0) is 25.7 Å². The molecule has 0 fully saturated rings. The lowest BCUT2D eigenvalue weighted by molar-refractivity contribution is 0.580. The van der Waals surface area contributed by atoms with Crippen LogP contribution in [0.4, 0.5) is 0 Å². The number of fused-ring (bicyclic) bond motifs is 12. The second kappa shape index (κ2) is 10.2. The minimum atomic E-state index is -3.43. The molecule has 4 aliphatic rings. The second-order valence-corrected chi connectivity index (χ2v) is 19.5. The molecular formula is C48H36O4Si. The summed E-state index contributed by atoms with van der Waals surface area (Å²) in [4.78, 5) is 0. The summed E-state index contributed by atoms with van der Waals surface area (Å²) in [5.74, 6) is 3.84. The van der Waals surface area contributed by atoms with E-state index in [-0.39, 0.29) is 0 Å². The Morgan fingerprint density at radius 2 is 0.755 bits per heavy atom. The van der Waals surface area contributed by atoms with E-state index in [0.29, 0.717) is 0 Å². The summed E-state index contributed by atoms with van der Waals surface area (Å²) in [6.45, 7) is 8.65. The Morgan fingerprint density at radius 3 is 1.15 bits per heavy atom. The van der Waals surface area contributed by atoms with Crippen molar-refractivity contribution in [3.05, 3.63) is 164 Å². The summed E-state index contributed by atoms with van der Waals surface area (Å²) in [5.41, 5.74) is 19.9. The predicted octanol–water partition coefficient (Wildman–Crippen LogP) is 8.95. The zero-order valence-corrected chi connectivity index (χ0v) is 31.2. The fourth-order valence-corrected chi connectivity index (χ4v) is 14.3. The van der Waals surface area contributed by atoms with Gasteiger partial charge >= 0.3 is 8.07 Å². The Kier molecular flexibility index (Phi) is 5.73. The van der Waals surface area contributed by atoms with Crippen LogP contribution in [0.25, 0.3) is 45.3 Å². The van der Waals surface area contributed by atoms with Crippen LogP contribution < -0.4 is 21.3 Å². The Labute approximate surface area is 308 Å². The molecule has 0 N–H and O–H groups in total. The zero-order valence-electron chi connectivity index (χ0n) is 30.2. The molecule has 0 bridgehead atoms. The van der Waals surface area contributed by atoms with E-state index in [2.05, 4.69) is 119 Å². The van der Waals surface area contributed by atoms with Gasteiger partial charge in [0.1, 0.15) is 39.2 Å². The molecule has 4 heterocycles. The lowest BCUT2D eigenvalue weighted by Gasteiger charge is -2.26. The quantitative estimate of drug-likeness (QED) is 0.172. The number of aryl methyl sites for hydroxylation is 4. The Balaban J connectivity index is 1.16. The van der Waals surface area contributed by atoms with Crippen LogP contribution >= 0.6 is 0 Å². The van der Waals surface area contributed by atoms with Gasteiger partial charge in [0.25, 0.3) is 0 Å². The highest BCUT2D eigenvalue weighted by atomic mass is 28.3. The van der Waals surface area contributed by atoms with Gasteiger partial charge in [0.2, 0.25) is 0 Å². The summed E-state index contributed by atoms with van der Waals surface area (Å²) in [5, 5.41) is 3.93. The van der Waals surface area contributed by atoms with Crippen molar-refractivity contribution in [2.45, 2.75) is 53.4 Å². The van der Waals surface area contributed by atoms with Gasteiger partial charge in [0.05, 0.1) is 6.26 Å². The minimum Gasteiger partial charge on any atom is -0.464 e. The average molecular weight is 705 g/mol. The minimum absolute atomic E-state index is 0.792.